The monoisotopic (exact) mass is 248 g/mol. The highest BCUT2D eigenvalue weighted by atomic mass is 19.3. The Balaban J connectivity index is 1.97. The highest BCUT2D eigenvalue weighted by molar-refractivity contribution is 5.29. The van der Waals surface area contributed by atoms with Gasteiger partial charge < -0.3 is 4.74 Å². The van der Waals surface area contributed by atoms with Crippen LogP contribution in [-0.4, -0.2) is 6.61 Å². The van der Waals surface area contributed by atoms with Gasteiger partial charge in [-0.25, -0.2) is 0 Å². The van der Waals surface area contributed by atoms with Crippen molar-refractivity contribution in [2.24, 2.45) is 0 Å². The third-order valence-corrected chi connectivity index (χ3v) is 2.67. The molecule has 2 aromatic rings. The van der Waals surface area contributed by atoms with E-state index in [1.807, 2.05) is 24.3 Å². The smallest absolute Gasteiger partial charge is 0.387 e. The number of aryl methyl sites for hydroxylation is 2. The van der Waals surface area contributed by atoms with Crippen LogP contribution in [0.25, 0.3) is 0 Å². The average molecular weight is 248 g/mol. The summed E-state index contributed by atoms with van der Waals surface area (Å²) in [6.45, 7) is -2.77. The van der Waals surface area contributed by atoms with Crippen molar-refractivity contribution in [3.05, 3.63) is 65.7 Å². The zero-order valence-corrected chi connectivity index (χ0v) is 9.85. The molecular weight excluding hydrogens is 234 g/mol. The molecule has 0 heterocycles. The summed E-state index contributed by atoms with van der Waals surface area (Å²) in [7, 11) is 0. The molecule has 0 amide bonds. The van der Waals surface area contributed by atoms with E-state index >= 15 is 0 Å². The number of rotatable bonds is 5. The molecule has 18 heavy (non-hydrogen) atoms. The molecule has 0 aliphatic rings. The van der Waals surface area contributed by atoms with Crippen molar-refractivity contribution < 1.29 is 13.5 Å². The van der Waals surface area contributed by atoms with Gasteiger partial charge >= 0.3 is 6.61 Å². The van der Waals surface area contributed by atoms with Crippen molar-refractivity contribution in [3.8, 4) is 5.75 Å². The summed E-state index contributed by atoms with van der Waals surface area (Å²) in [6, 6.07) is 16.9. The maximum Gasteiger partial charge on any atom is 0.387 e. The first-order valence-electron chi connectivity index (χ1n) is 5.82. The number of halogens is 2. The third-order valence-electron chi connectivity index (χ3n) is 2.67. The zero-order chi connectivity index (χ0) is 12.8. The molecule has 0 aromatic heterocycles. The molecular formula is C15H14F2O. The molecule has 3 heteroatoms. The van der Waals surface area contributed by atoms with Crippen LogP contribution in [0.2, 0.25) is 0 Å². The lowest BCUT2D eigenvalue weighted by atomic mass is 10.0. The molecule has 0 saturated carbocycles. The van der Waals surface area contributed by atoms with Crippen molar-refractivity contribution in [2.75, 3.05) is 0 Å². The molecule has 2 aromatic carbocycles. The minimum atomic E-state index is -2.77. The first kappa shape index (κ1) is 12.6. The first-order chi connectivity index (χ1) is 8.74. The second kappa shape index (κ2) is 6.15. The van der Waals surface area contributed by atoms with Gasteiger partial charge in [-0.2, -0.15) is 8.78 Å². The predicted octanol–water partition coefficient (Wildman–Crippen LogP) is 4.07. The predicted molar refractivity (Wildman–Crippen MR) is 66.9 cm³/mol. The fourth-order valence-electron chi connectivity index (χ4n) is 1.81. The van der Waals surface area contributed by atoms with Gasteiger partial charge in [-0.1, -0.05) is 42.5 Å². The summed E-state index contributed by atoms with van der Waals surface area (Å²) in [6.07, 6.45) is 1.70. The van der Waals surface area contributed by atoms with Gasteiger partial charge in [0.2, 0.25) is 0 Å². The largest absolute Gasteiger partial charge is 0.435 e. The standard InChI is InChI=1S/C15H14F2O/c16-15(17)18-14-8-4-7-13(11-14)10-9-12-5-2-1-3-6-12/h1-8,11,15H,9-10H2. The van der Waals surface area contributed by atoms with Crippen LogP contribution < -0.4 is 4.74 Å². The molecule has 0 aliphatic carbocycles. The maximum absolute atomic E-state index is 12.1. The average Bonchev–Trinajstić information content (AvgIpc) is 2.37. The Labute approximate surface area is 105 Å². The molecule has 0 N–H and O–H groups in total. The van der Waals surface area contributed by atoms with Crippen LogP contribution >= 0.6 is 0 Å². The minimum Gasteiger partial charge on any atom is -0.435 e. The number of alkyl halides is 2. The molecule has 94 valence electrons. The lowest BCUT2D eigenvalue weighted by Gasteiger charge is -2.07. The summed E-state index contributed by atoms with van der Waals surface area (Å²) in [5, 5.41) is 0. The molecule has 0 spiro atoms. The quantitative estimate of drug-likeness (QED) is 0.775. The van der Waals surface area contributed by atoms with E-state index in [9.17, 15) is 8.78 Å². The highest BCUT2D eigenvalue weighted by Gasteiger charge is 2.04. The van der Waals surface area contributed by atoms with Gasteiger partial charge in [0.25, 0.3) is 0 Å². The fraction of sp³-hybridized carbons (Fsp3) is 0.200. The Morgan fingerprint density at radius 3 is 2.22 bits per heavy atom. The topological polar surface area (TPSA) is 9.23 Å². The normalized spacial score (nSPS) is 10.6. The summed E-state index contributed by atoms with van der Waals surface area (Å²) >= 11 is 0. The lowest BCUT2D eigenvalue weighted by Crippen LogP contribution is -2.02. The number of hydrogen-bond donors (Lipinski definition) is 0. The van der Waals surface area contributed by atoms with Gasteiger partial charge in [-0.15, -0.1) is 0 Å². The van der Waals surface area contributed by atoms with Gasteiger partial charge in [0.05, 0.1) is 0 Å². The van der Waals surface area contributed by atoms with E-state index in [2.05, 4.69) is 16.9 Å². The Kier molecular flexibility index (Phi) is 4.29. The van der Waals surface area contributed by atoms with E-state index < -0.39 is 6.61 Å². The number of benzene rings is 2. The van der Waals surface area contributed by atoms with Crippen LogP contribution in [0.3, 0.4) is 0 Å². The second-order valence-corrected chi connectivity index (χ2v) is 4.01. The summed E-state index contributed by atoms with van der Waals surface area (Å²) in [5.74, 6) is 0.218. The molecule has 0 aliphatic heterocycles. The summed E-state index contributed by atoms with van der Waals surface area (Å²) in [4.78, 5) is 0. The molecule has 0 bridgehead atoms. The highest BCUT2D eigenvalue weighted by Crippen LogP contribution is 2.17. The van der Waals surface area contributed by atoms with Crippen LogP contribution in [0.1, 0.15) is 11.1 Å². The van der Waals surface area contributed by atoms with Crippen LogP contribution in [0.15, 0.2) is 54.6 Å². The first-order valence-corrected chi connectivity index (χ1v) is 5.82. The Hall–Kier alpha value is -1.90. The van der Waals surface area contributed by atoms with Gasteiger partial charge in [-0.05, 0) is 36.1 Å². The van der Waals surface area contributed by atoms with Crippen LogP contribution in [0.5, 0.6) is 5.75 Å². The Morgan fingerprint density at radius 1 is 0.833 bits per heavy atom. The molecule has 0 unspecified atom stereocenters. The van der Waals surface area contributed by atoms with Crippen LogP contribution in [-0.2, 0) is 12.8 Å². The summed E-state index contributed by atoms with van der Waals surface area (Å²) < 4.78 is 28.5. The third kappa shape index (κ3) is 3.84. The van der Waals surface area contributed by atoms with E-state index in [1.54, 1.807) is 12.1 Å². The van der Waals surface area contributed by atoms with E-state index in [0.717, 1.165) is 18.4 Å². The van der Waals surface area contributed by atoms with E-state index in [-0.39, 0.29) is 5.75 Å². The second-order valence-electron chi connectivity index (χ2n) is 4.01. The SMILES string of the molecule is FC(F)Oc1cccc(CCc2ccccc2)c1. The molecule has 2 rings (SSSR count). The molecule has 0 fully saturated rings. The fourth-order valence-corrected chi connectivity index (χ4v) is 1.81. The Bertz CT molecular complexity index is 483. The maximum atomic E-state index is 12.1. The zero-order valence-electron chi connectivity index (χ0n) is 9.85. The van der Waals surface area contributed by atoms with Crippen molar-refractivity contribution in [3.63, 3.8) is 0 Å². The van der Waals surface area contributed by atoms with Gasteiger partial charge in [0, 0.05) is 0 Å². The molecule has 0 saturated heterocycles. The van der Waals surface area contributed by atoms with Gasteiger partial charge in [-0.3, -0.25) is 0 Å². The minimum absolute atomic E-state index is 0.218. The van der Waals surface area contributed by atoms with E-state index in [1.165, 1.54) is 11.6 Å². The van der Waals surface area contributed by atoms with E-state index in [4.69, 9.17) is 0 Å². The van der Waals surface area contributed by atoms with Crippen LogP contribution in [0.4, 0.5) is 8.78 Å². The van der Waals surface area contributed by atoms with Crippen molar-refractivity contribution >= 4 is 0 Å². The Morgan fingerprint density at radius 2 is 1.50 bits per heavy atom. The molecule has 0 radical (unpaired) electrons. The van der Waals surface area contributed by atoms with Crippen LogP contribution in [0, 0.1) is 0 Å². The lowest BCUT2D eigenvalue weighted by molar-refractivity contribution is -0.0498. The van der Waals surface area contributed by atoms with Crippen molar-refractivity contribution in [1.82, 2.24) is 0 Å². The molecule has 0 atom stereocenters. The molecule has 1 nitrogen and oxygen atoms in total. The van der Waals surface area contributed by atoms with E-state index in [0.29, 0.717) is 0 Å². The number of ether oxygens (including phenoxy) is 1. The summed E-state index contributed by atoms with van der Waals surface area (Å²) in [5.41, 5.74) is 2.23. The van der Waals surface area contributed by atoms with Gasteiger partial charge in [0.1, 0.15) is 5.75 Å². The van der Waals surface area contributed by atoms with Gasteiger partial charge in [0.15, 0.2) is 0 Å². The van der Waals surface area contributed by atoms with Crippen molar-refractivity contribution in [2.45, 2.75) is 19.5 Å². The number of hydrogen-bond acceptors (Lipinski definition) is 1. The van der Waals surface area contributed by atoms with Crippen molar-refractivity contribution in [1.29, 1.82) is 0 Å².